The van der Waals surface area contributed by atoms with Crippen LogP contribution in [0.25, 0.3) is 0 Å². The molecule has 0 amide bonds. The molecule has 0 aliphatic heterocycles. The van der Waals surface area contributed by atoms with Gasteiger partial charge in [-0.05, 0) is 12.2 Å². The minimum absolute atomic E-state index is 0.162. The molecule has 0 saturated heterocycles. The standard InChI is InChI=1S/CH2N2O2S2/c2-1(6)7-3(4)5/h(H2,2,6). The number of nitrogens with zero attached hydrogens (tertiary/aromatic N) is 1. The molecule has 0 atom stereocenters. The van der Waals surface area contributed by atoms with E-state index in [-0.39, 0.29) is 16.3 Å². The van der Waals surface area contributed by atoms with E-state index in [0.29, 0.717) is 0 Å². The second kappa shape index (κ2) is 2.75. The molecule has 7 heavy (non-hydrogen) atoms. The van der Waals surface area contributed by atoms with Crippen molar-refractivity contribution in [3.63, 3.8) is 0 Å². The predicted molar refractivity (Wildman–Crippen MR) is 31.4 cm³/mol. The molecular weight excluding hydrogens is 136 g/mol. The zero-order valence-corrected chi connectivity index (χ0v) is 4.79. The second-order valence-corrected chi connectivity index (χ2v) is 2.25. The quantitative estimate of drug-likeness (QED) is 0.242. The summed E-state index contributed by atoms with van der Waals surface area (Å²) in [6.07, 6.45) is 0. The number of hydrogen-bond donors (Lipinski definition) is 1. The zero-order valence-electron chi connectivity index (χ0n) is 3.16. The van der Waals surface area contributed by atoms with Crippen molar-refractivity contribution in [1.29, 1.82) is 0 Å². The van der Waals surface area contributed by atoms with Gasteiger partial charge in [0, 0.05) is 0 Å². The summed E-state index contributed by atoms with van der Waals surface area (Å²) in [5.41, 5.74) is 4.75. The Kier molecular flexibility index (Phi) is 2.61. The summed E-state index contributed by atoms with van der Waals surface area (Å²) in [6, 6.07) is 0. The van der Waals surface area contributed by atoms with Gasteiger partial charge in [-0.2, -0.15) is 0 Å². The van der Waals surface area contributed by atoms with Gasteiger partial charge in [0.25, 0.3) is 11.9 Å². The third-order valence-electron chi connectivity index (χ3n) is 0.165. The van der Waals surface area contributed by atoms with Crippen LogP contribution >= 0.6 is 24.2 Å². The van der Waals surface area contributed by atoms with Crippen LogP contribution in [0.3, 0.4) is 0 Å². The summed E-state index contributed by atoms with van der Waals surface area (Å²) < 4.78 is -0.812. The summed E-state index contributed by atoms with van der Waals surface area (Å²) in [7, 11) is 0. The van der Waals surface area contributed by atoms with Gasteiger partial charge in [-0.3, -0.25) is 10.1 Å². The Morgan fingerprint density at radius 2 is 2.43 bits per heavy atom. The number of thiocarbonyl (C=S) groups is 1. The first-order chi connectivity index (χ1) is 3.13. The van der Waals surface area contributed by atoms with E-state index in [1.807, 2.05) is 0 Å². The number of nitrogens with two attached hydrogens (primary N) is 1. The molecule has 0 spiro atoms. The molecule has 2 N–H and O–H groups in total. The topological polar surface area (TPSA) is 69.2 Å². The highest BCUT2D eigenvalue weighted by molar-refractivity contribution is 8.19. The maximum atomic E-state index is 9.41. The van der Waals surface area contributed by atoms with E-state index in [1.165, 1.54) is 0 Å². The third kappa shape index (κ3) is 5.64. The Hall–Kier alpha value is -0.360. The molecule has 0 fully saturated rings. The van der Waals surface area contributed by atoms with Crippen molar-refractivity contribution in [3.8, 4) is 0 Å². The maximum absolute atomic E-state index is 9.41. The van der Waals surface area contributed by atoms with Crippen LogP contribution in [0, 0.1) is 10.1 Å². The largest absolute Gasteiger partial charge is 0.379 e. The molecule has 4 nitrogen and oxygen atoms in total. The van der Waals surface area contributed by atoms with Crippen LogP contribution in [0.2, 0.25) is 0 Å². The maximum Gasteiger partial charge on any atom is 0.295 e. The molecule has 6 heteroatoms. The lowest BCUT2D eigenvalue weighted by Gasteiger charge is -1.79. The molecule has 0 radical (unpaired) electrons. The van der Waals surface area contributed by atoms with E-state index >= 15 is 0 Å². The first-order valence-corrected chi connectivity index (χ1v) is 2.43. The molecule has 0 aliphatic carbocycles. The van der Waals surface area contributed by atoms with Crippen LogP contribution in [0.15, 0.2) is 0 Å². The van der Waals surface area contributed by atoms with Crippen LogP contribution in [-0.2, 0) is 0 Å². The molecule has 0 aromatic carbocycles. The van der Waals surface area contributed by atoms with E-state index in [4.69, 9.17) is 5.73 Å². The summed E-state index contributed by atoms with van der Waals surface area (Å²) in [5, 5.41) is 9.41. The van der Waals surface area contributed by atoms with Gasteiger partial charge in [0.05, 0.1) is 0 Å². The fourth-order valence-electron chi connectivity index (χ4n) is 0.0735. The van der Waals surface area contributed by atoms with Gasteiger partial charge in [-0.15, -0.1) is 0 Å². The Balaban J connectivity index is 3.32. The fraction of sp³-hybridized carbons (Fsp3) is 0. The lowest BCUT2D eigenvalue weighted by molar-refractivity contribution is -0.281. The zero-order chi connectivity index (χ0) is 5.86. The van der Waals surface area contributed by atoms with Crippen molar-refractivity contribution in [2.45, 2.75) is 0 Å². The molecule has 0 aliphatic rings. The molecule has 0 aromatic heterocycles. The van der Waals surface area contributed by atoms with Crippen LogP contribution in [0.1, 0.15) is 0 Å². The Labute approximate surface area is 49.3 Å². The van der Waals surface area contributed by atoms with E-state index in [0.717, 1.165) is 0 Å². The molecule has 40 valence electrons. The van der Waals surface area contributed by atoms with Crippen molar-refractivity contribution in [2.24, 2.45) is 5.73 Å². The van der Waals surface area contributed by atoms with Crippen molar-refractivity contribution < 1.29 is 4.33 Å². The van der Waals surface area contributed by atoms with E-state index in [9.17, 15) is 10.1 Å². The summed E-state index contributed by atoms with van der Waals surface area (Å²) in [4.78, 5) is 9.41. The highest BCUT2D eigenvalue weighted by atomic mass is 32.2. The number of nitro groups is 1. The van der Waals surface area contributed by atoms with Crippen molar-refractivity contribution >= 4 is 28.5 Å². The Morgan fingerprint density at radius 1 is 2.00 bits per heavy atom. The van der Waals surface area contributed by atoms with Gasteiger partial charge in [-0.25, -0.2) is 0 Å². The van der Waals surface area contributed by atoms with Crippen LogP contribution in [-0.4, -0.2) is 8.65 Å². The van der Waals surface area contributed by atoms with Gasteiger partial charge < -0.3 is 5.73 Å². The molecular formula is CH2N2O2S2. The fourth-order valence-corrected chi connectivity index (χ4v) is 0.403. The molecule has 0 saturated carbocycles. The molecule has 0 unspecified atom stereocenters. The SMILES string of the molecule is NC(=S)S[N+](=O)[O-]. The molecule has 0 heterocycles. The Bertz CT molecular complexity index is 89.9. The lowest BCUT2D eigenvalue weighted by atomic mass is 11.5. The third-order valence-corrected chi connectivity index (χ3v) is 0.717. The van der Waals surface area contributed by atoms with Crippen molar-refractivity contribution in [2.75, 3.05) is 0 Å². The summed E-state index contributed by atoms with van der Waals surface area (Å²) in [6.45, 7) is 0. The number of rotatable bonds is 1. The monoisotopic (exact) mass is 138 g/mol. The summed E-state index contributed by atoms with van der Waals surface area (Å²) >= 11 is 4.41. The average Bonchev–Trinajstić information content (AvgIpc) is 1.27. The minimum Gasteiger partial charge on any atom is -0.379 e. The first-order valence-electron chi connectivity index (χ1n) is 1.24. The summed E-state index contributed by atoms with van der Waals surface area (Å²) in [5.74, 6) is 0. The van der Waals surface area contributed by atoms with Crippen molar-refractivity contribution in [1.82, 2.24) is 0 Å². The lowest BCUT2D eigenvalue weighted by Crippen LogP contribution is -2.04. The molecule has 0 rings (SSSR count). The van der Waals surface area contributed by atoms with Crippen LogP contribution in [0.5, 0.6) is 0 Å². The van der Waals surface area contributed by atoms with E-state index in [2.05, 4.69) is 12.2 Å². The van der Waals surface area contributed by atoms with E-state index in [1.54, 1.807) is 0 Å². The smallest absolute Gasteiger partial charge is 0.295 e. The highest BCUT2D eigenvalue weighted by Gasteiger charge is 2.00. The Morgan fingerprint density at radius 3 is 2.43 bits per heavy atom. The van der Waals surface area contributed by atoms with Gasteiger partial charge in [0.2, 0.25) is 4.32 Å². The van der Waals surface area contributed by atoms with Crippen LogP contribution < -0.4 is 5.73 Å². The second-order valence-electron chi connectivity index (χ2n) is 0.634. The minimum atomic E-state index is -0.650. The first kappa shape index (κ1) is 6.64. The van der Waals surface area contributed by atoms with E-state index < -0.39 is 4.33 Å². The highest BCUT2D eigenvalue weighted by Crippen LogP contribution is 1.96. The van der Waals surface area contributed by atoms with Crippen molar-refractivity contribution in [3.05, 3.63) is 10.1 Å². The molecule has 0 aromatic rings. The van der Waals surface area contributed by atoms with Gasteiger partial charge in [0.15, 0.2) is 0 Å². The van der Waals surface area contributed by atoms with Gasteiger partial charge in [0.1, 0.15) is 4.33 Å². The normalized spacial score (nSPS) is 8.00. The van der Waals surface area contributed by atoms with Crippen LogP contribution in [0.4, 0.5) is 0 Å². The predicted octanol–water partition coefficient (Wildman–Crippen LogP) is 0.155. The van der Waals surface area contributed by atoms with Gasteiger partial charge >= 0.3 is 0 Å². The number of hydrogen-bond acceptors (Lipinski definition) is 4. The van der Waals surface area contributed by atoms with Gasteiger partial charge in [-0.1, -0.05) is 0 Å². The average molecular weight is 138 g/mol. The molecule has 0 bridgehead atoms.